The number of benzene rings is 3. The number of para-hydroxylation sites is 1. The number of amides is 3. The molecule has 1 fully saturated rings. The predicted molar refractivity (Wildman–Crippen MR) is 130 cm³/mol. The van der Waals surface area contributed by atoms with Crippen LogP contribution < -0.4 is 21.3 Å². The molecule has 1 saturated carbocycles. The Labute approximate surface area is 196 Å². The van der Waals surface area contributed by atoms with E-state index in [4.69, 9.17) is 11.6 Å². The highest BCUT2D eigenvalue weighted by Gasteiger charge is 2.23. The fourth-order valence-electron chi connectivity index (χ4n) is 3.18. The highest BCUT2D eigenvalue weighted by atomic mass is 35.5. The van der Waals surface area contributed by atoms with Crippen LogP contribution in [0.4, 0.5) is 17.1 Å². The van der Waals surface area contributed by atoms with Crippen molar-refractivity contribution in [2.75, 3.05) is 22.5 Å². The molecule has 7 nitrogen and oxygen atoms in total. The average Bonchev–Trinajstić information content (AvgIpc) is 3.63. The number of hydrogen-bond acceptors (Lipinski definition) is 4. The molecule has 3 aromatic carbocycles. The second-order valence-electron chi connectivity index (χ2n) is 7.74. The highest BCUT2D eigenvalue weighted by molar-refractivity contribution is 6.30. The van der Waals surface area contributed by atoms with Crippen molar-refractivity contribution in [3.8, 4) is 0 Å². The van der Waals surface area contributed by atoms with Gasteiger partial charge in [0, 0.05) is 33.7 Å². The Bertz CT molecular complexity index is 1180. The summed E-state index contributed by atoms with van der Waals surface area (Å²) < 4.78 is 0. The monoisotopic (exact) mass is 462 g/mol. The van der Waals surface area contributed by atoms with Crippen molar-refractivity contribution in [3.05, 3.63) is 88.9 Å². The van der Waals surface area contributed by atoms with Crippen molar-refractivity contribution in [2.24, 2.45) is 0 Å². The van der Waals surface area contributed by atoms with Gasteiger partial charge in [0.1, 0.15) is 0 Å². The van der Waals surface area contributed by atoms with Gasteiger partial charge < -0.3 is 21.3 Å². The molecular weight excluding hydrogens is 440 g/mol. The first-order valence-electron chi connectivity index (χ1n) is 10.6. The lowest BCUT2D eigenvalue weighted by molar-refractivity contribution is -0.114. The van der Waals surface area contributed by atoms with Gasteiger partial charge in [-0.15, -0.1) is 0 Å². The molecule has 4 N–H and O–H groups in total. The summed E-state index contributed by atoms with van der Waals surface area (Å²) in [5, 5.41) is 12.1. The fraction of sp³-hybridized carbons (Fsp3) is 0.160. The summed E-state index contributed by atoms with van der Waals surface area (Å²) >= 11 is 5.89. The van der Waals surface area contributed by atoms with E-state index in [1.165, 1.54) is 0 Å². The summed E-state index contributed by atoms with van der Waals surface area (Å²) in [5.41, 5.74) is 2.56. The molecule has 0 atom stereocenters. The molecule has 8 heteroatoms. The molecule has 0 saturated heterocycles. The molecule has 0 aliphatic heterocycles. The summed E-state index contributed by atoms with van der Waals surface area (Å²) in [4.78, 5) is 37.4. The lowest BCUT2D eigenvalue weighted by atomic mass is 10.1. The first kappa shape index (κ1) is 22.4. The molecule has 0 aromatic heterocycles. The number of carbonyl (C=O) groups excluding carboxylic acids is 3. The molecule has 0 bridgehead atoms. The van der Waals surface area contributed by atoms with Gasteiger partial charge in [0.25, 0.3) is 11.8 Å². The van der Waals surface area contributed by atoms with Crippen molar-refractivity contribution >= 4 is 46.4 Å². The van der Waals surface area contributed by atoms with E-state index < -0.39 is 0 Å². The molecule has 4 rings (SSSR count). The normalized spacial score (nSPS) is 12.5. The third-order valence-corrected chi connectivity index (χ3v) is 5.29. The summed E-state index contributed by atoms with van der Waals surface area (Å²) in [6.07, 6.45) is 2.01. The second kappa shape index (κ2) is 10.2. The summed E-state index contributed by atoms with van der Waals surface area (Å²) in [6.45, 7) is -0.0518. The Morgan fingerprint density at radius 1 is 0.818 bits per heavy atom. The topological polar surface area (TPSA) is 99.3 Å². The SMILES string of the molecule is O=C(CNc1ccccc1C(=O)Nc1ccc(Cl)cc1)Nc1cccc(C(=O)NC2CC2)c1. The molecule has 1 aliphatic rings. The zero-order valence-corrected chi connectivity index (χ0v) is 18.5. The van der Waals surface area contributed by atoms with E-state index in [1.807, 2.05) is 0 Å². The number of nitrogens with one attached hydrogen (secondary N) is 4. The van der Waals surface area contributed by atoms with Gasteiger partial charge in [0.05, 0.1) is 12.1 Å². The van der Waals surface area contributed by atoms with Crippen LogP contribution in [0.3, 0.4) is 0 Å². The van der Waals surface area contributed by atoms with Crippen LogP contribution in [-0.2, 0) is 4.79 Å². The van der Waals surface area contributed by atoms with Gasteiger partial charge in [0.2, 0.25) is 5.91 Å². The number of anilines is 3. The number of hydrogen-bond donors (Lipinski definition) is 4. The van der Waals surface area contributed by atoms with E-state index in [1.54, 1.807) is 72.8 Å². The second-order valence-corrected chi connectivity index (χ2v) is 8.17. The van der Waals surface area contributed by atoms with E-state index in [2.05, 4.69) is 21.3 Å². The van der Waals surface area contributed by atoms with Gasteiger partial charge in [-0.1, -0.05) is 29.8 Å². The maximum atomic E-state index is 12.7. The van der Waals surface area contributed by atoms with Crippen molar-refractivity contribution in [2.45, 2.75) is 18.9 Å². The molecule has 0 spiro atoms. The van der Waals surface area contributed by atoms with Crippen LogP contribution in [0, 0.1) is 0 Å². The van der Waals surface area contributed by atoms with Crippen molar-refractivity contribution < 1.29 is 14.4 Å². The van der Waals surface area contributed by atoms with Gasteiger partial charge in [0.15, 0.2) is 0 Å². The minimum atomic E-state index is -0.310. The summed E-state index contributed by atoms with van der Waals surface area (Å²) in [5.74, 6) is -0.759. The molecule has 3 aromatic rings. The van der Waals surface area contributed by atoms with E-state index in [0.29, 0.717) is 33.2 Å². The fourth-order valence-corrected chi connectivity index (χ4v) is 3.31. The Kier molecular flexibility index (Phi) is 6.90. The maximum Gasteiger partial charge on any atom is 0.257 e. The van der Waals surface area contributed by atoms with E-state index in [0.717, 1.165) is 12.8 Å². The quantitative estimate of drug-likeness (QED) is 0.395. The van der Waals surface area contributed by atoms with Crippen LogP contribution in [0.1, 0.15) is 33.6 Å². The Hall–Kier alpha value is -3.84. The first-order valence-corrected chi connectivity index (χ1v) is 11.0. The molecule has 0 heterocycles. The predicted octanol–water partition coefficient (Wildman–Crippen LogP) is 4.54. The molecule has 33 heavy (non-hydrogen) atoms. The lowest BCUT2D eigenvalue weighted by Gasteiger charge is -2.13. The van der Waals surface area contributed by atoms with E-state index in [-0.39, 0.29) is 30.3 Å². The molecule has 0 unspecified atom stereocenters. The Balaban J connectivity index is 1.35. The minimum Gasteiger partial charge on any atom is -0.376 e. The smallest absolute Gasteiger partial charge is 0.257 e. The maximum absolute atomic E-state index is 12.7. The number of halogens is 1. The molecule has 0 radical (unpaired) electrons. The van der Waals surface area contributed by atoms with Gasteiger partial charge in [-0.25, -0.2) is 0 Å². The number of carbonyl (C=O) groups is 3. The molecule has 168 valence electrons. The summed E-state index contributed by atoms with van der Waals surface area (Å²) in [6, 6.07) is 20.8. The van der Waals surface area contributed by atoms with Gasteiger partial charge in [-0.2, -0.15) is 0 Å². The van der Waals surface area contributed by atoms with Crippen molar-refractivity contribution in [1.29, 1.82) is 0 Å². The van der Waals surface area contributed by atoms with Crippen LogP contribution in [0.2, 0.25) is 5.02 Å². The largest absolute Gasteiger partial charge is 0.376 e. The Morgan fingerprint density at radius 3 is 2.33 bits per heavy atom. The van der Waals surface area contributed by atoms with Crippen LogP contribution in [0.25, 0.3) is 0 Å². The van der Waals surface area contributed by atoms with E-state index >= 15 is 0 Å². The number of rotatable bonds is 8. The third kappa shape index (κ3) is 6.33. The van der Waals surface area contributed by atoms with E-state index in [9.17, 15) is 14.4 Å². The molecule has 3 amide bonds. The zero-order chi connectivity index (χ0) is 23.2. The van der Waals surface area contributed by atoms with Crippen molar-refractivity contribution in [3.63, 3.8) is 0 Å². The highest BCUT2D eigenvalue weighted by Crippen LogP contribution is 2.21. The van der Waals surface area contributed by atoms with Crippen LogP contribution in [0.15, 0.2) is 72.8 Å². The first-order chi connectivity index (χ1) is 16.0. The molecular formula is C25H23ClN4O3. The summed E-state index contributed by atoms with van der Waals surface area (Å²) in [7, 11) is 0. The van der Waals surface area contributed by atoms with Crippen LogP contribution >= 0.6 is 11.6 Å². The standard InChI is InChI=1S/C25H23ClN4O3/c26-17-8-10-18(11-9-17)30-25(33)21-6-1-2-7-22(21)27-15-23(31)28-20-5-3-4-16(14-20)24(32)29-19-12-13-19/h1-11,14,19,27H,12-13,15H2,(H,28,31)(H,29,32)(H,30,33). The molecule has 1 aliphatic carbocycles. The van der Waals surface area contributed by atoms with Crippen LogP contribution in [0.5, 0.6) is 0 Å². The van der Waals surface area contributed by atoms with Gasteiger partial charge in [-0.05, 0) is 67.4 Å². The van der Waals surface area contributed by atoms with Crippen LogP contribution in [-0.4, -0.2) is 30.3 Å². The lowest BCUT2D eigenvalue weighted by Crippen LogP contribution is -2.26. The average molecular weight is 463 g/mol. The van der Waals surface area contributed by atoms with Crippen molar-refractivity contribution in [1.82, 2.24) is 5.32 Å². The zero-order valence-electron chi connectivity index (χ0n) is 17.7. The Morgan fingerprint density at radius 2 is 1.58 bits per heavy atom. The van der Waals surface area contributed by atoms with Gasteiger partial charge in [-0.3, -0.25) is 14.4 Å². The van der Waals surface area contributed by atoms with Gasteiger partial charge >= 0.3 is 0 Å². The third-order valence-electron chi connectivity index (χ3n) is 5.03. The minimum absolute atomic E-state index is 0.0518.